The highest BCUT2D eigenvalue weighted by Gasteiger charge is 1.98. The number of aryl methyl sites for hydroxylation is 1. The molecule has 1 rings (SSSR count). The second-order valence-corrected chi connectivity index (χ2v) is 6.12. The number of alkyl halides is 1. The molecule has 0 N–H and O–H groups in total. The molecule has 0 aliphatic heterocycles. The minimum absolute atomic E-state index is 0.802. The number of hydrogen-bond donors (Lipinski definition) is 0. The average Bonchev–Trinajstić information content (AvgIpc) is 2.41. The van der Waals surface area contributed by atoms with Crippen LogP contribution in [0.5, 0.6) is 5.75 Å². The lowest BCUT2D eigenvalue weighted by Gasteiger charge is -2.07. The zero-order chi connectivity index (χ0) is 13.9. The van der Waals surface area contributed by atoms with E-state index in [1.807, 2.05) is 25.1 Å². The van der Waals surface area contributed by atoms with E-state index in [2.05, 4.69) is 15.9 Å². The lowest BCUT2D eigenvalue weighted by Crippen LogP contribution is -1.97. The first kappa shape index (κ1) is 16.8. The van der Waals surface area contributed by atoms with Crippen LogP contribution in [-0.4, -0.2) is 11.9 Å². The van der Waals surface area contributed by atoms with Gasteiger partial charge in [0.2, 0.25) is 0 Å². The van der Waals surface area contributed by atoms with Gasteiger partial charge in [-0.3, -0.25) is 0 Å². The molecular weight excluding hydrogens is 324 g/mol. The van der Waals surface area contributed by atoms with Crippen LogP contribution in [0, 0.1) is 6.92 Å². The van der Waals surface area contributed by atoms with Gasteiger partial charge in [0.15, 0.2) is 0 Å². The molecule has 0 saturated heterocycles. The summed E-state index contributed by atoms with van der Waals surface area (Å²) in [5, 5.41) is 1.94. The molecule has 0 unspecified atom stereocenters. The first-order chi connectivity index (χ1) is 9.24. The third kappa shape index (κ3) is 7.84. The van der Waals surface area contributed by atoms with E-state index in [4.69, 9.17) is 16.3 Å². The maximum atomic E-state index is 5.98. The van der Waals surface area contributed by atoms with Crippen molar-refractivity contribution in [1.82, 2.24) is 0 Å². The standard InChI is InChI=1S/C16H24BrClO/c1-14-13-15(9-10-16(14)18)19-12-8-6-4-2-3-5-7-11-17/h9-10,13H,2-8,11-12H2,1H3. The molecule has 0 atom stereocenters. The highest BCUT2D eigenvalue weighted by Crippen LogP contribution is 2.21. The van der Waals surface area contributed by atoms with E-state index in [1.165, 1.54) is 38.5 Å². The minimum Gasteiger partial charge on any atom is -0.494 e. The van der Waals surface area contributed by atoms with Gasteiger partial charge in [-0.15, -0.1) is 0 Å². The molecule has 0 spiro atoms. The van der Waals surface area contributed by atoms with Crippen LogP contribution in [0.3, 0.4) is 0 Å². The Labute approximate surface area is 130 Å². The number of benzene rings is 1. The number of ether oxygens (including phenoxy) is 1. The van der Waals surface area contributed by atoms with Crippen LogP contribution >= 0.6 is 27.5 Å². The minimum atomic E-state index is 0.802. The number of unbranched alkanes of at least 4 members (excludes halogenated alkanes) is 6. The highest BCUT2D eigenvalue weighted by atomic mass is 79.9. The van der Waals surface area contributed by atoms with Gasteiger partial charge in [-0.25, -0.2) is 0 Å². The first-order valence-corrected chi connectivity index (χ1v) is 8.69. The van der Waals surface area contributed by atoms with Crippen LogP contribution in [-0.2, 0) is 0 Å². The fourth-order valence-corrected chi connectivity index (χ4v) is 2.49. The molecule has 0 saturated carbocycles. The Morgan fingerprint density at radius 2 is 1.63 bits per heavy atom. The van der Waals surface area contributed by atoms with Crippen molar-refractivity contribution < 1.29 is 4.74 Å². The van der Waals surface area contributed by atoms with E-state index in [0.29, 0.717) is 0 Å². The Balaban J connectivity index is 2.00. The van der Waals surface area contributed by atoms with Crippen molar-refractivity contribution >= 4 is 27.5 Å². The van der Waals surface area contributed by atoms with Gasteiger partial charge in [0.25, 0.3) is 0 Å². The highest BCUT2D eigenvalue weighted by molar-refractivity contribution is 9.09. The van der Waals surface area contributed by atoms with Crippen LogP contribution in [0.4, 0.5) is 0 Å². The zero-order valence-corrected chi connectivity index (χ0v) is 14.1. The summed E-state index contributed by atoms with van der Waals surface area (Å²) in [4.78, 5) is 0. The molecule has 0 bridgehead atoms. The molecule has 0 radical (unpaired) electrons. The monoisotopic (exact) mass is 346 g/mol. The van der Waals surface area contributed by atoms with Gasteiger partial charge in [0, 0.05) is 10.4 Å². The lowest BCUT2D eigenvalue weighted by atomic mass is 10.1. The van der Waals surface area contributed by atoms with E-state index < -0.39 is 0 Å². The molecule has 19 heavy (non-hydrogen) atoms. The average molecular weight is 348 g/mol. The van der Waals surface area contributed by atoms with Crippen molar-refractivity contribution in [2.45, 2.75) is 51.9 Å². The van der Waals surface area contributed by atoms with Crippen molar-refractivity contribution in [2.24, 2.45) is 0 Å². The van der Waals surface area contributed by atoms with Crippen molar-refractivity contribution in [3.63, 3.8) is 0 Å². The summed E-state index contributed by atoms with van der Waals surface area (Å²) in [5.74, 6) is 0.930. The maximum absolute atomic E-state index is 5.98. The SMILES string of the molecule is Cc1cc(OCCCCCCCCCBr)ccc1Cl. The maximum Gasteiger partial charge on any atom is 0.119 e. The summed E-state index contributed by atoms with van der Waals surface area (Å²) in [7, 11) is 0. The Kier molecular flexibility index (Phi) is 9.36. The first-order valence-electron chi connectivity index (χ1n) is 7.19. The van der Waals surface area contributed by atoms with E-state index in [-0.39, 0.29) is 0 Å². The third-order valence-electron chi connectivity index (χ3n) is 3.18. The molecule has 0 amide bonds. The smallest absolute Gasteiger partial charge is 0.119 e. The molecule has 108 valence electrons. The molecule has 0 fully saturated rings. The summed E-state index contributed by atoms with van der Waals surface area (Å²) in [5.41, 5.74) is 1.07. The Bertz CT molecular complexity index is 355. The number of hydrogen-bond acceptors (Lipinski definition) is 1. The summed E-state index contributed by atoms with van der Waals surface area (Å²) in [6.07, 6.45) is 9.10. The topological polar surface area (TPSA) is 9.23 Å². The van der Waals surface area contributed by atoms with Crippen molar-refractivity contribution in [2.75, 3.05) is 11.9 Å². The van der Waals surface area contributed by atoms with Gasteiger partial charge in [-0.05, 0) is 43.5 Å². The molecule has 0 aliphatic carbocycles. The quantitative estimate of drug-likeness (QED) is 0.364. The normalized spacial score (nSPS) is 10.7. The van der Waals surface area contributed by atoms with E-state index in [9.17, 15) is 0 Å². The molecular formula is C16H24BrClO. The van der Waals surface area contributed by atoms with Crippen LogP contribution in [0.25, 0.3) is 0 Å². The van der Waals surface area contributed by atoms with E-state index in [1.54, 1.807) is 0 Å². The lowest BCUT2D eigenvalue weighted by molar-refractivity contribution is 0.304. The Morgan fingerprint density at radius 3 is 2.26 bits per heavy atom. The fraction of sp³-hybridized carbons (Fsp3) is 0.625. The summed E-state index contributed by atoms with van der Waals surface area (Å²) < 4.78 is 5.72. The summed E-state index contributed by atoms with van der Waals surface area (Å²) in [6, 6.07) is 5.84. The summed E-state index contributed by atoms with van der Waals surface area (Å²) in [6.45, 7) is 2.81. The predicted molar refractivity (Wildman–Crippen MR) is 87.8 cm³/mol. The largest absolute Gasteiger partial charge is 0.494 e. The van der Waals surface area contributed by atoms with Crippen molar-refractivity contribution in [3.8, 4) is 5.75 Å². The van der Waals surface area contributed by atoms with Crippen LogP contribution < -0.4 is 4.74 Å². The Morgan fingerprint density at radius 1 is 1.00 bits per heavy atom. The zero-order valence-electron chi connectivity index (χ0n) is 11.8. The molecule has 1 aromatic carbocycles. The fourth-order valence-electron chi connectivity index (χ4n) is 1.98. The van der Waals surface area contributed by atoms with Gasteiger partial charge >= 0.3 is 0 Å². The molecule has 3 heteroatoms. The van der Waals surface area contributed by atoms with E-state index >= 15 is 0 Å². The predicted octanol–water partition coefficient (Wildman–Crippen LogP) is 6.15. The van der Waals surface area contributed by atoms with Crippen LogP contribution in [0.15, 0.2) is 18.2 Å². The molecule has 1 nitrogen and oxygen atoms in total. The molecule has 0 aromatic heterocycles. The summed E-state index contributed by atoms with van der Waals surface area (Å²) >= 11 is 9.44. The molecule has 1 aromatic rings. The van der Waals surface area contributed by atoms with Gasteiger partial charge in [0.1, 0.15) is 5.75 Å². The van der Waals surface area contributed by atoms with Gasteiger partial charge < -0.3 is 4.74 Å². The third-order valence-corrected chi connectivity index (χ3v) is 4.16. The van der Waals surface area contributed by atoms with Gasteiger partial charge in [-0.1, -0.05) is 59.6 Å². The van der Waals surface area contributed by atoms with Gasteiger partial charge in [0.05, 0.1) is 6.61 Å². The van der Waals surface area contributed by atoms with Crippen molar-refractivity contribution in [3.05, 3.63) is 28.8 Å². The molecule has 0 heterocycles. The number of rotatable bonds is 10. The molecule has 0 aliphatic rings. The van der Waals surface area contributed by atoms with Crippen LogP contribution in [0.1, 0.15) is 50.5 Å². The number of halogens is 2. The van der Waals surface area contributed by atoms with Crippen molar-refractivity contribution in [1.29, 1.82) is 0 Å². The van der Waals surface area contributed by atoms with E-state index in [0.717, 1.165) is 34.7 Å². The second kappa shape index (κ2) is 10.6. The van der Waals surface area contributed by atoms with Crippen LogP contribution in [0.2, 0.25) is 5.02 Å². The Hall–Kier alpha value is -0.210. The second-order valence-electron chi connectivity index (χ2n) is 4.92. The van der Waals surface area contributed by atoms with Gasteiger partial charge in [-0.2, -0.15) is 0 Å².